The predicted molar refractivity (Wildman–Crippen MR) is 44.1 cm³/mol. The van der Waals surface area contributed by atoms with Crippen molar-refractivity contribution < 1.29 is 0 Å². The minimum absolute atomic E-state index is 0.0752. The Balaban J connectivity index is 2.65. The maximum atomic E-state index is 8.77. The summed E-state index contributed by atoms with van der Waals surface area (Å²) >= 11 is 0. The second kappa shape index (κ2) is 3.82. The molecule has 0 aliphatic rings. The topological polar surface area (TPSA) is 39.6 Å². The summed E-state index contributed by atoms with van der Waals surface area (Å²) in [5, 5.41) is 8.77. The number of nitriles is 1. The Bertz CT molecular complexity index is 231. The number of aromatic nitrogens is 1. The van der Waals surface area contributed by atoms with Crippen molar-refractivity contribution in [1.29, 1.82) is 5.26 Å². The lowest BCUT2D eigenvalue weighted by Gasteiger charge is -2.02. The minimum atomic E-state index is 0.0752. The van der Waals surface area contributed by atoms with Crippen LogP contribution >= 0.6 is 0 Å². The second-order valence-electron chi connectivity index (χ2n) is 2.61. The Kier molecular flexibility index (Phi) is 2.74. The third-order valence-electron chi connectivity index (χ3n) is 1.76. The van der Waals surface area contributed by atoms with Crippen LogP contribution in [-0.2, 0) is 0 Å². The van der Waals surface area contributed by atoms with Gasteiger partial charge in [0, 0.05) is 12.4 Å². The molecule has 0 amide bonds. The molecule has 0 saturated heterocycles. The van der Waals surface area contributed by atoms with Gasteiger partial charge in [0.2, 0.25) is 0 Å². The first-order valence-electron chi connectivity index (χ1n) is 3.90. The average Bonchev–Trinajstić information content (AvgIpc) is 2.52. The Morgan fingerprint density at radius 3 is 3.00 bits per heavy atom. The SMILES string of the molecule is CCCC(C#N)c1cc[nH]c1. The van der Waals surface area contributed by atoms with E-state index in [9.17, 15) is 0 Å². The van der Waals surface area contributed by atoms with Gasteiger partial charge in [0.1, 0.15) is 0 Å². The summed E-state index contributed by atoms with van der Waals surface area (Å²) in [6, 6.07) is 4.25. The van der Waals surface area contributed by atoms with Crippen molar-refractivity contribution in [2.24, 2.45) is 0 Å². The van der Waals surface area contributed by atoms with E-state index in [-0.39, 0.29) is 5.92 Å². The number of hydrogen-bond donors (Lipinski definition) is 1. The van der Waals surface area contributed by atoms with Crippen LogP contribution in [0.25, 0.3) is 0 Å². The summed E-state index contributed by atoms with van der Waals surface area (Å²) in [7, 11) is 0. The molecule has 2 nitrogen and oxygen atoms in total. The van der Waals surface area contributed by atoms with E-state index in [1.807, 2.05) is 18.5 Å². The summed E-state index contributed by atoms with van der Waals surface area (Å²) < 4.78 is 0. The number of hydrogen-bond acceptors (Lipinski definition) is 1. The first-order valence-corrected chi connectivity index (χ1v) is 3.90. The van der Waals surface area contributed by atoms with Gasteiger partial charge in [0.05, 0.1) is 12.0 Å². The Labute approximate surface area is 66.9 Å². The van der Waals surface area contributed by atoms with Gasteiger partial charge in [-0.2, -0.15) is 5.26 Å². The molecule has 0 aliphatic carbocycles. The molecule has 0 radical (unpaired) electrons. The first-order chi connectivity index (χ1) is 5.38. The number of H-pyrrole nitrogens is 1. The molecule has 1 atom stereocenters. The normalized spacial score (nSPS) is 12.4. The third-order valence-corrected chi connectivity index (χ3v) is 1.76. The van der Waals surface area contributed by atoms with E-state index in [0.717, 1.165) is 18.4 Å². The van der Waals surface area contributed by atoms with E-state index in [2.05, 4.69) is 18.0 Å². The van der Waals surface area contributed by atoms with Gasteiger partial charge in [-0.05, 0) is 18.1 Å². The summed E-state index contributed by atoms with van der Waals surface area (Å²) in [4.78, 5) is 2.95. The maximum Gasteiger partial charge on any atom is 0.0727 e. The number of nitrogens with zero attached hydrogens (tertiary/aromatic N) is 1. The van der Waals surface area contributed by atoms with Gasteiger partial charge in [-0.1, -0.05) is 13.3 Å². The fourth-order valence-electron chi connectivity index (χ4n) is 1.15. The third kappa shape index (κ3) is 1.84. The zero-order valence-electron chi connectivity index (χ0n) is 6.67. The molecule has 11 heavy (non-hydrogen) atoms. The van der Waals surface area contributed by atoms with Gasteiger partial charge in [-0.3, -0.25) is 0 Å². The highest BCUT2D eigenvalue weighted by Gasteiger charge is 2.08. The van der Waals surface area contributed by atoms with E-state index in [1.54, 1.807) is 0 Å². The molecule has 0 spiro atoms. The highest BCUT2D eigenvalue weighted by Crippen LogP contribution is 2.18. The molecule has 2 heteroatoms. The zero-order chi connectivity index (χ0) is 8.10. The first kappa shape index (κ1) is 7.87. The molecule has 1 N–H and O–H groups in total. The van der Waals surface area contributed by atoms with Crippen LogP contribution in [0.1, 0.15) is 31.2 Å². The minimum Gasteiger partial charge on any atom is -0.367 e. The summed E-state index contributed by atoms with van der Waals surface area (Å²) in [5.74, 6) is 0.0752. The van der Waals surface area contributed by atoms with Gasteiger partial charge < -0.3 is 4.98 Å². The molecule has 0 fully saturated rings. The fourth-order valence-corrected chi connectivity index (χ4v) is 1.15. The van der Waals surface area contributed by atoms with Gasteiger partial charge in [-0.25, -0.2) is 0 Å². The molecule has 0 bridgehead atoms. The Morgan fingerprint density at radius 1 is 1.73 bits per heavy atom. The quantitative estimate of drug-likeness (QED) is 0.702. The van der Waals surface area contributed by atoms with Crippen LogP contribution in [0.4, 0.5) is 0 Å². The average molecular weight is 148 g/mol. The van der Waals surface area contributed by atoms with Crippen molar-refractivity contribution >= 4 is 0 Å². The standard InChI is InChI=1S/C9H12N2/c1-2-3-8(6-10)9-4-5-11-7-9/h4-5,7-8,11H,2-3H2,1H3. The van der Waals surface area contributed by atoms with E-state index >= 15 is 0 Å². The van der Waals surface area contributed by atoms with Crippen LogP contribution in [0, 0.1) is 11.3 Å². The van der Waals surface area contributed by atoms with Crippen LogP contribution in [0.15, 0.2) is 18.5 Å². The molecular weight excluding hydrogens is 136 g/mol. The molecule has 58 valence electrons. The largest absolute Gasteiger partial charge is 0.367 e. The predicted octanol–water partition coefficient (Wildman–Crippen LogP) is 2.42. The number of aromatic amines is 1. The molecule has 0 aromatic carbocycles. The molecule has 1 rings (SSSR count). The summed E-state index contributed by atoms with van der Waals surface area (Å²) in [6.07, 6.45) is 5.76. The molecular formula is C9H12N2. The smallest absolute Gasteiger partial charge is 0.0727 e. The molecule has 1 unspecified atom stereocenters. The van der Waals surface area contributed by atoms with Crippen molar-refractivity contribution in [2.75, 3.05) is 0 Å². The van der Waals surface area contributed by atoms with Crippen LogP contribution in [0.3, 0.4) is 0 Å². The van der Waals surface area contributed by atoms with E-state index in [0.29, 0.717) is 0 Å². The number of rotatable bonds is 3. The van der Waals surface area contributed by atoms with Gasteiger partial charge in [-0.15, -0.1) is 0 Å². The Morgan fingerprint density at radius 2 is 2.55 bits per heavy atom. The fraction of sp³-hybridized carbons (Fsp3) is 0.444. The lowest BCUT2D eigenvalue weighted by molar-refractivity contribution is 0.728. The van der Waals surface area contributed by atoms with E-state index in [1.165, 1.54) is 0 Å². The molecule has 1 heterocycles. The van der Waals surface area contributed by atoms with E-state index in [4.69, 9.17) is 5.26 Å². The highest BCUT2D eigenvalue weighted by atomic mass is 14.6. The zero-order valence-corrected chi connectivity index (χ0v) is 6.67. The van der Waals surface area contributed by atoms with Crippen molar-refractivity contribution in [3.63, 3.8) is 0 Å². The van der Waals surface area contributed by atoms with Gasteiger partial charge in [0.25, 0.3) is 0 Å². The van der Waals surface area contributed by atoms with Crippen LogP contribution in [-0.4, -0.2) is 4.98 Å². The van der Waals surface area contributed by atoms with Gasteiger partial charge >= 0.3 is 0 Å². The van der Waals surface area contributed by atoms with Crippen LogP contribution < -0.4 is 0 Å². The maximum absolute atomic E-state index is 8.77. The summed E-state index contributed by atoms with van der Waals surface area (Å²) in [5.41, 5.74) is 1.11. The van der Waals surface area contributed by atoms with Crippen molar-refractivity contribution in [3.8, 4) is 6.07 Å². The monoisotopic (exact) mass is 148 g/mol. The second-order valence-corrected chi connectivity index (χ2v) is 2.61. The van der Waals surface area contributed by atoms with Crippen molar-refractivity contribution in [1.82, 2.24) is 4.98 Å². The van der Waals surface area contributed by atoms with E-state index < -0.39 is 0 Å². The molecule has 0 aliphatic heterocycles. The molecule has 1 aromatic heterocycles. The van der Waals surface area contributed by atoms with Crippen molar-refractivity contribution in [2.45, 2.75) is 25.7 Å². The number of nitrogens with one attached hydrogen (secondary N) is 1. The highest BCUT2D eigenvalue weighted by molar-refractivity contribution is 5.20. The van der Waals surface area contributed by atoms with Gasteiger partial charge in [0.15, 0.2) is 0 Å². The lowest BCUT2D eigenvalue weighted by atomic mass is 9.99. The van der Waals surface area contributed by atoms with Crippen LogP contribution in [0.5, 0.6) is 0 Å². The Hall–Kier alpha value is -1.23. The van der Waals surface area contributed by atoms with Crippen LogP contribution in [0.2, 0.25) is 0 Å². The van der Waals surface area contributed by atoms with Crippen molar-refractivity contribution in [3.05, 3.63) is 24.0 Å². The molecule has 1 aromatic rings. The lowest BCUT2D eigenvalue weighted by Crippen LogP contribution is -1.91. The summed E-state index contributed by atoms with van der Waals surface area (Å²) in [6.45, 7) is 2.09. The molecule has 0 saturated carbocycles.